The molecule has 1 aromatic carbocycles. The van der Waals surface area contributed by atoms with Gasteiger partial charge < -0.3 is 10.6 Å². The molecule has 0 aromatic heterocycles. The number of carbonyl (C=O) groups is 1. The second kappa shape index (κ2) is 7.75. The lowest BCUT2D eigenvalue weighted by Gasteiger charge is -2.28. The first-order valence-corrected chi connectivity index (χ1v) is 7.87. The lowest BCUT2D eigenvalue weighted by Crippen LogP contribution is -2.39. The Hall–Kier alpha value is -1.66. The molecule has 2 heterocycles. The number of benzene rings is 1. The number of amides is 1. The van der Waals surface area contributed by atoms with Gasteiger partial charge in [-0.05, 0) is 31.6 Å². The van der Waals surface area contributed by atoms with Crippen LogP contribution in [0.3, 0.4) is 0 Å². The van der Waals surface area contributed by atoms with Crippen molar-refractivity contribution in [1.82, 2.24) is 10.6 Å². The van der Waals surface area contributed by atoms with Crippen LogP contribution in [-0.2, 0) is 11.3 Å². The van der Waals surface area contributed by atoms with Crippen molar-refractivity contribution < 1.29 is 9.72 Å². The summed E-state index contributed by atoms with van der Waals surface area (Å²) in [5, 5.41) is 17.3. The van der Waals surface area contributed by atoms with Gasteiger partial charge in [-0.25, -0.2) is 0 Å². The van der Waals surface area contributed by atoms with Gasteiger partial charge >= 0.3 is 0 Å². The molecule has 126 valence electrons. The van der Waals surface area contributed by atoms with Gasteiger partial charge in [-0.3, -0.25) is 14.9 Å². The molecule has 7 heteroatoms. The molecular formula is C16H22ClN3O3. The number of nitro groups is 1. The summed E-state index contributed by atoms with van der Waals surface area (Å²) in [7, 11) is 0. The van der Waals surface area contributed by atoms with Gasteiger partial charge in [-0.15, -0.1) is 12.4 Å². The van der Waals surface area contributed by atoms with Gasteiger partial charge in [-0.1, -0.05) is 18.2 Å². The van der Waals surface area contributed by atoms with E-state index in [4.69, 9.17) is 0 Å². The average Bonchev–Trinajstić information content (AvgIpc) is 2.84. The Balaban J connectivity index is 0.00000192. The van der Waals surface area contributed by atoms with Crippen molar-refractivity contribution in [2.24, 2.45) is 5.92 Å². The molecule has 2 aliphatic heterocycles. The molecule has 1 amide bonds. The van der Waals surface area contributed by atoms with E-state index in [9.17, 15) is 14.9 Å². The van der Waals surface area contributed by atoms with E-state index in [1.165, 1.54) is 18.9 Å². The normalized spacial score (nSPS) is 25.5. The number of nitro benzene ring substituents is 1. The number of nitrogens with zero attached hydrogens (tertiary/aromatic N) is 1. The van der Waals surface area contributed by atoms with Gasteiger partial charge in [-0.2, -0.15) is 0 Å². The first kappa shape index (κ1) is 17.7. The van der Waals surface area contributed by atoms with Crippen LogP contribution in [0.2, 0.25) is 0 Å². The van der Waals surface area contributed by atoms with Crippen LogP contribution in [-0.4, -0.2) is 22.9 Å². The minimum atomic E-state index is -0.411. The van der Waals surface area contributed by atoms with E-state index in [1.54, 1.807) is 18.2 Å². The maximum absolute atomic E-state index is 12.1. The van der Waals surface area contributed by atoms with Crippen molar-refractivity contribution in [2.45, 2.75) is 50.7 Å². The highest BCUT2D eigenvalue weighted by Gasteiger charge is 2.34. The molecule has 23 heavy (non-hydrogen) atoms. The van der Waals surface area contributed by atoms with Crippen LogP contribution >= 0.6 is 12.4 Å². The maximum Gasteiger partial charge on any atom is 0.274 e. The highest BCUT2D eigenvalue weighted by Crippen LogP contribution is 2.32. The molecule has 6 nitrogen and oxygen atoms in total. The van der Waals surface area contributed by atoms with Gasteiger partial charge in [0.25, 0.3) is 5.69 Å². The number of hydrogen-bond acceptors (Lipinski definition) is 4. The Kier molecular flexibility index (Phi) is 5.96. The number of carbonyl (C=O) groups excluding carboxylic acids is 1. The number of hydrogen-bond donors (Lipinski definition) is 2. The fourth-order valence-corrected chi connectivity index (χ4v) is 3.71. The van der Waals surface area contributed by atoms with Crippen LogP contribution in [0.15, 0.2) is 24.3 Å². The summed E-state index contributed by atoms with van der Waals surface area (Å²) in [5.41, 5.74) is 0.606. The number of piperidine rings is 1. The highest BCUT2D eigenvalue weighted by atomic mass is 35.5. The first-order chi connectivity index (χ1) is 10.6. The molecule has 2 N–H and O–H groups in total. The standard InChI is InChI=1S/C16H21N3O3.ClH/c20-16(9-11-7-13-5-6-14(8-11)18-13)17-10-12-3-1-2-4-15(12)19(21)22;/h1-4,11,13-14,18H,5-10H2,(H,17,20);1H. The molecular weight excluding hydrogens is 318 g/mol. The van der Waals surface area contributed by atoms with E-state index in [1.807, 2.05) is 0 Å². The van der Waals surface area contributed by atoms with Crippen molar-refractivity contribution in [3.05, 3.63) is 39.9 Å². The Bertz CT molecular complexity index is 569. The zero-order chi connectivity index (χ0) is 15.5. The fraction of sp³-hybridized carbons (Fsp3) is 0.562. The zero-order valence-electron chi connectivity index (χ0n) is 12.9. The van der Waals surface area contributed by atoms with Crippen molar-refractivity contribution in [3.8, 4) is 0 Å². The van der Waals surface area contributed by atoms with Crippen molar-refractivity contribution in [2.75, 3.05) is 0 Å². The molecule has 2 aliphatic rings. The third kappa shape index (κ3) is 4.42. The second-order valence-corrected chi connectivity index (χ2v) is 6.34. The lowest BCUT2D eigenvalue weighted by atomic mass is 9.89. The molecule has 2 unspecified atom stereocenters. The van der Waals surface area contributed by atoms with E-state index in [2.05, 4.69) is 10.6 Å². The van der Waals surface area contributed by atoms with Crippen molar-refractivity contribution >= 4 is 24.0 Å². The Labute approximate surface area is 141 Å². The molecule has 0 saturated carbocycles. The number of rotatable bonds is 5. The molecule has 3 rings (SSSR count). The van der Waals surface area contributed by atoms with E-state index in [-0.39, 0.29) is 30.5 Å². The molecule has 2 bridgehead atoms. The van der Waals surface area contributed by atoms with E-state index in [0.29, 0.717) is 30.0 Å². The fourth-order valence-electron chi connectivity index (χ4n) is 3.71. The van der Waals surface area contributed by atoms with Crippen molar-refractivity contribution in [1.29, 1.82) is 0 Å². The monoisotopic (exact) mass is 339 g/mol. The lowest BCUT2D eigenvalue weighted by molar-refractivity contribution is -0.385. The third-order valence-electron chi connectivity index (χ3n) is 4.71. The number of nitrogens with one attached hydrogen (secondary N) is 2. The molecule has 2 saturated heterocycles. The number of fused-ring (bicyclic) bond motifs is 2. The molecule has 0 radical (unpaired) electrons. The Morgan fingerprint density at radius 1 is 1.26 bits per heavy atom. The maximum atomic E-state index is 12.1. The molecule has 0 aliphatic carbocycles. The summed E-state index contributed by atoms with van der Waals surface area (Å²) >= 11 is 0. The van der Waals surface area contributed by atoms with Crippen LogP contribution in [0.5, 0.6) is 0 Å². The quantitative estimate of drug-likeness (QED) is 0.637. The number of para-hydroxylation sites is 1. The highest BCUT2D eigenvalue weighted by molar-refractivity contribution is 5.85. The van der Waals surface area contributed by atoms with E-state index < -0.39 is 4.92 Å². The smallest absolute Gasteiger partial charge is 0.274 e. The van der Waals surface area contributed by atoms with Crippen LogP contribution in [0.1, 0.15) is 37.7 Å². The molecule has 2 atom stereocenters. The number of halogens is 1. The zero-order valence-corrected chi connectivity index (χ0v) is 13.7. The predicted molar refractivity (Wildman–Crippen MR) is 89.5 cm³/mol. The van der Waals surface area contributed by atoms with Gasteiger partial charge in [0.15, 0.2) is 0 Å². The Morgan fingerprint density at radius 2 is 1.91 bits per heavy atom. The van der Waals surface area contributed by atoms with Crippen molar-refractivity contribution in [3.63, 3.8) is 0 Å². The van der Waals surface area contributed by atoms with Crippen LogP contribution in [0.4, 0.5) is 5.69 Å². The minimum Gasteiger partial charge on any atom is -0.352 e. The minimum absolute atomic E-state index is 0. The summed E-state index contributed by atoms with van der Waals surface area (Å²) in [5.74, 6) is 0.425. The van der Waals surface area contributed by atoms with Gasteiger partial charge in [0.1, 0.15) is 0 Å². The van der Waals surface area contributed by atoms with Gasteiger partial charge in [0.2, 0.25) is 5.91 Å². The molecule has 0 spiro atoms. The second-order valence-electron chi connectivity index (χ2n) is 6.34. The summed E-state index contributed by atoms with van der Waals surface area (Å²) < 4.78 is 0. The largest absolute Gasteiger partial charge is 0.352 e. The van der Waals surface area contributed by atoms with Crippen LogP contribution < -0.4 is 10.6 Å². The van der Waals surface area contributed by atoms with Gasteiger partial charge in [0.05, 0.1) is 4.92 Å². The van der Waals surface area contributed by atoms with Gasteiger partial charge in [0, 0.05) is 36.7 Å². The predicted octanol–water partition coefficient (Wildman–Crippen LogP) is 2.55. The SMILES string of the molecule is Cl.O=C(CC1CC2CCC(C1)N2)NCc1ccccc1[N+](=O)[O-]. The van der Waals surface area contributed by atoms with E-state index >= 15 is 0 Å². The Morgan fingerprint density at radius 3 is 2.57 bits per heavy atom. The van der Waals surface area contributed by atoms with E-state index in [0.717, 1.165) is 12.8 Å². The summed E-state index contributed by atoms with van der Waals surface area (Å²) in [6.07, 6.45) is 5.10. The molecule has 2 fully saturated rings. The summed E-state index contributed by atoms with van der Waals surface area (Å²) in [4.78, 5) is 22.6. The average molecular weight is 340 g/mol. The van der Waals surface area contributed by atoms with Crippen LogP contribution in [0.25, 0.3) is 0 Å². The topological polar surface area (TPSA) is 84.3 Å². The third-order valence-corrected chi connectivity index (χ3v) is 4.71. The van der Waals surface area contributed by atoms with Crippen LogP contribution in [0, 0.1) is 16.0 Å². The first-order valence-electron chi connectivity index (χ1n) is 7.87. The molecule has 1 aromatic rings. The summed E-state index contributed by atoms with van der Waals surface area (Å²) in [6.45, 7) is 0.216. The summed E-state index contributed by atoms with van der Waals surface area (Å²) in [6, 6.07) is 7.68.